The van der Waals surface area contributed by atoms with E-state index in [0.29, 0.717) is 16.6 Å². The molecule has 2 aliphatic heterocycles. The standard InChI is InChI=1S/C25H46N2O3Si/c1-18(2)31(19(3)4,20(5)6)27-16-21(15-26-11-13-28-14-12-26)22(17-27)23-29-24(7,8)25(9,10)30-23/h16-20,23H,11-15H2,1-10H3. The van der Waals surface area contributed by atoms with Gasteiger partial charge in [0.15, 0.2) is 14.5 Å². The molecule has 1 aromatic rings. The Kier molecular flexibility index (Phi) is 7.20. The number of nitrogens with zero attached hydrogens (tertiary/aromatic N) is 2. The summed E-state index contributed by atoms with van der Waals surface area (Å²) in [6, 6.07) is 0. The fourth-order valence-electron chi connectivity index (χ4n) is 5.95. The van der Waals surface area contributed by atoms with Gasteiger partial charge in [-0.25, -0.2) is 0 Å². The maximum atomic E-state index is 6.52. The van der Waals surface area contributed by atoms with Crippen LogP contribution in [-0.4, -0.2) is 54.9 Å². The monoisotopic (exact) mass is 450 g/mol. The van der Waals surface area contributed by atoms with Crippen molar-refractivity contribution >= 4 is 8.24 Å². The third-order valence-corrected chi connectivity index (χ3v) is 14.9. The zero-order valence-corrected chi connectivity index (χ0v) is 22.6. The van der Waals surface area contributed by atoms with Crippen LogP contribution in [0.25, 0.3) is 0 Å². The fourth-order valence-corrected chi connectivity index (χ4v) is 12.5. The molecule has 0 amide bonds. The van der Waals surface area contributed by atoms with Crippen LogP contribution in [0, 0.1) is 0 Å². The summed E-state index contributed by atoms with van der Waals surface area (Å²) < 4.78 is 21.3. The topological polar surface area (TPSA) is 35.9 Å². The molecule has 0 aliphatic carbocycles. The Balaban J connectivity index is 2.07. The molecule has 0 N–H and O–H groups in total. The first-order valence-electron chi connectivity index (χ1n) is 12.2. The summed E-state index contributed by atoms with van der Waals surface area (Å²) >= 11 is 0. The lowest BCUT2D eigenvalue weighted by molar-refractivity contribution is -0.0903. The summed E-state index contributed by atoms with van der Waals surface area (Å²) in [5, 5.41) is 0. The van der Waals surface area contributed by atoms with E-state index in [1.807, 2.05) is 0 Å². The van der Waals surface area contributed by atoms with Gasteiger partial charge in [-0.2, -0.15) is 0 Å². The SMILES string of the molecule is CC(C)[Si](C(C)C)(C(C)C)n1cc(CN2CCOCC2)c(C2OC(C)(C)C(C)(C)O2)c1. The number of morpholine rings is 1. The molecule has 6 heteroatoms. The number of hydrogen-bond donors (Lipinski definition) is 0. The highest BCUT2D eigenvalue weighted by Crippen LogP contribution is 2.48. The molecule has 0 radical (unpaired) electrons. The quantitative estimate of drug-likeness (QED) is 0.481. The molecule has 0 unspecified atom stereocenters. The van der Waals surface area contributed by atoms with Crippen LogP contribution >= 0.6 is 0 Å². The van der Waals surface area contributed by atoms with Crippen molar-refractivity contribution in [3.63, 3.8) is 0 Å². The first-order valence-corrected chi connectivity index (χ1v) is 14.4. The first-order chi connectivity index (χ1) is 14.3. The highest BCUT2D eigenvalue weighted by atomic mass is 28.3. The second-order valence-corrected chi connectivity index (χ2v) is 17.2. The summed E-state index contributed by atoms with van der Waals surface area (Å²) in [5.41, 5.74) is 3.81. The van der Waals surface area contributed by atoms with Gasteiger partial charge in [-0.3, -0.25) is 4.90 Å². The lowest BCUT2D eigenvalue weighted by atomic mass is 9.90. The Hall–Kier alpha value is -0.663. The molecular weight excluding hydrogens is 404 g/mol. The van der Waals surface area contributed by atoms with Crippen LogP contribution in [0.2, 0.25) is 16.6 Å². The first kappa shape index (κ1) is 25.0. The van der Waals surface area contributed by atoms with Crippen LogP contribution in [0.5, 0.6) is 0 Å². The Morgan fingerprint density at radius 1 is 0.871 bits per heavy atom. The molecule has 0 atom stereocenters. The molecular formula is C25H46N2O3Si. The van der Waals surface area contributed by atoms with Crippen molar-refractivity contribution in [2.75, 3.05) is 26.3 Å². The van der Waals surface area contributed by atoms with Crippen molar-refractivity contribution in [3.05, 3.63) is 23.5 Å². The van der Waals surface area contributed by atoms with E-state index >= 15 is 0 Å². The van der Waals surface area contributed by atoms with Crippen molar-refractivity contribution in [3.8, 4) is 0 Å². The average molecular weight is 451 g/mol. The lowest BCUT2D eigenvalue weighted by Gasteiger charge is -2.44. The summed E-state index contributed by atoms with van der Waals surface area (Å²) in [7, 11) is -1.84. The van der Waals surface area contributed by atoms with Crippen molar-refractivity contribution < 1.29 is 14.2 Å². The minimum atomic E-state index is -1.84. The van der Waals surface area contributed by atoms with E-state index < -0.39 is 8.24 Å². The number of ether oxygens (including phenoxy) is 3. The third kappa shape index (κ3) is 4.43. The van der Waals surface area contributed by atoms with Gasteiger partial charge in [0.05, 0.1) is 24.4 Å². The molecule has 3 heterocycles. The van der Waals surface area contributed by atoms with Crippen LogP contribution in [0.1, 0.15) is 86.7 Å². The molecule has 31 heavy (non-hydrogen) atoms. The third-order valence-electron chi connectivity index (χ3n) is 8.17. The second-order valence-electron chi connectivity index (χ2n) is 11.5. The smallest absolute Gasteiger partial charge is 0.187 e. The molecule has 2 aliphatic rings. The van der Waals surface area contributed by atoms with Crippen LogP contribution in [0.15, 0.2) is 12.4 Å². The maximum absolute atomic E-state index is 6.52. The zero-order valence-electron chi connectivity index (χ0n) is 21.6. The van der Waals surface area contributed by atoms with Gasteiger partial charge in [-0.15, -0.1) is 0 Å². The maximum Gasteiger partial charge on any atom is 0.187 e. The molecule has 2 saturated heterocycles. The summed E-state index contributed by atoms with van der Waals surface area (Å²) in [6.45, 7) is 27.6. The lowest BCUT2D eigenvalue weighted by Crippen LogP contribution is -2.51. The van der Waals surface area contributed by atoms with Gasteiger partial charge in [-0.1, -0.05) is 41.5 Å². The van der Waals surface area contributed by atoms with Gasteiger partial charge in [0.1, 0.15) is 0 Å². The minimum absolute atomic E-state index is 0.319. The van der Waals surface area contributed by atoms with Gasteiger partial charge in [0, 0.05) is 37.6 Å². The predicted molar refractivity (Wildman–Crippen MR) is 130 cm³/mol. The Morgan fingerprint density at radius 3 is 1.81 bits per heavy atom. The summed E-state index contributed by atoms with van der Waals surface area (Å²) in [5.74, 6) is 0. The van der Waals surface area contributed by atoms with Crippen molar-refractivity contribution in [2.45, 2.75) is 110 Å². The summed E-state index contributed by atoms with van der Waals surface area (Å²) in [4.78, 5) is 2.50. The summed E-state index contributed by atoms with van der Waals surface area (Å²) in [6.07, 6.45) is 4.52. The molecule has 2 fully saturated rings. The number of rotatable bonds is 7. The molecule has 1 aromatic heterocycles. The average Bonchev–Trinajstić information content (AvgIpc) is 3.13. The molecule has 178 valence electrons. The van der Waals surface area contributed by atoms with Crippen LogP contribution in [-0.2, 0) is 20.8 Å². The van der Waals surface area contributed by atoms with Crippen LogP contribution < -0.4 is 0 Å². The highest BCUT2D eigenvalue weighted by molar-refractivity contribution is 6.82. The predicted octanol–water partition coefficient (Wildman–Crippen LogP) is 5.95. The number of aromatic nitrogens is 1. The highest BCUT2D eigenvalue weighted by Gasteiger charge is 2.51. The fraction of sp³-hybridized carbons (Fsp3) is 0.840. The zero-order chi connectivity index (χ0) is 23.2. The van der Waals surface area contributed by atoms with E-state index in [0.717, 1.165) is 32.8 Å². The molecule has 0 saturated carbocycles. The van der Waals surface area contributed by atoms with Gasteiger partial charge < -0.3 is 18.4 Å². The van der Waals surface area contributed by atoms with Crippen molar-refractivity contribution in [1.29, 1.82) is 0 Å². The van der Waals surface area contributed by atoms with Crippen molar-refractivity contribution in [2.24, 2.45) is 0 Å². The van der Waals surface area contributed by atoms with Gasteiger partial charge in [0.2, 0.25) is 0 Å². The molecule has 3 rings (SSSR count). The Bertz CT molecular complexity index is 710. The van der Waals surface area contributed by atoms with E-state index in [4.69, 9.17) is 14.2 Å². The number of hydrogen-bond acceptors (Lipinski definition) is 4. The van der Waals surface area contributed by atoms with E-state index in [2.05, 4.69) is 90.8 Å². The van der Waals surface area contributed by atoms with E-state index in [-0.39, 0.29) is 17.5 Å². The van der Waals surface area contributed by atoms with Crippen LogP contribution in [0.3, 0.4) is 0 Å². The van der Waals surface area contributed by atoms with Crippen molar-refractivity contribution in [1.82, 2.24) is 9.13 Å². The Morgan fingerprint density at radius 2 is 1.35 bits per heavy atom. The molecule has 0 aromatic carbocycles. The van der Waals surface area contributed by atoms with Gasteiger partial charge in [-0.05, 0) is 49.9 Å². The molecule has 5 nitrogen and oxygen atoms in total. The van der Waals surface area contributed by atoms with E-state index in [1.165, 1.54) is 11.1 Å². The van der Waals surface area contributed by atoms with E-state index in [9.17, 15) is 0 Å². The molecule has 0 spiro atoms. The molecule has 0 bridgehead atoms. The van der Waals surface area contributed by atoms with Gasteiger partial charge >= 0.3 is 0 Å². The minimum Gasteiger partial charge on any atom is -0.379 e. The second kappa shape index (κ2) is 8.94. The largest absolute Gasteiger partial charge is 0.379 e. The van der Waals surface area contributed by atoms with E-state index in [1.54, 1.807) is 0 Å². The van der Waals surface area contributed by atoms with Gasteiger partial charge in [0.25, 0.3) is 0 Å². The Labute approximate surface area is 191 Å². The van der Waals surface area contributed by atoms with Crippen LogP contribution in [0.4, 0.5) is 0 Å². The normalized spacial score (nSPS) is 22.9.